The maximum atomic E-state index is 11.4. The van der Waals surface area contributed by atoms with Gasteiger partial charge in [-0.1, -0.05) is 47.6 Å². The first-order valence-corrected chi connectivity index (χ1v) is 13.2. The molecule has 9 nitrogen and oxygen atoms in total. The van der Waals surface area contributed by atoms with Gasteiger partial charge in [-0.15, -0.1) is 0 Å². The van der Waals surface area contributed by atoms with Gasteiger partial charge in [0.25, 0.3) is 0 Å². The first kappa shape index (κ1) is 27.0. The molecule has 11 heteroatoms. The minimum atomic E-state index is -5.11. The fourth-order valence-electron chi connectivity index (χ4n) is 2.69. The molecule has 0 spiro atoms. The molecule has 1 atom stereocenters. The Hall–Kier alpha value is -2.22. The first-order valence-electron chi connectivity index (χ1n) is 10.1. The lowest BCUT2D eigenvalue weighted by Crippen LogP contribution is -2.02. The van der Waals surface area contributed by atoms with E-state index in [1.54, 1.807) is 6.08 Å². The third-order valence-corrected chi connectivity index (χ3v) is 6.45. The summed E-state index contributed by atoms with van der Waals surface area (Å²) < 4.78 is 36.1. The molecular formula is C22H29NO8P2. The molecule has 0 saturated carbocycles. The number of phosphoric acid groups is 2. The van der Waals surface area contributed by atoms with Crippen LogP contribution in [0.3, 0.4) is 0 Å². The monoisotopic (exact) mass is 497 g/mol. The summed E-state index contributed by atoms with van der Waals surface area (Å²) in [5.74, 6) is 1.52. The lowest BCUT2D eigenvalue weighted by atomic mass is 10.1. The van der Waals surface area contributed by atoms with Crippen molar-refractivity contribution < 1.29 is 37.4 Å². The predicted molar refractivity (Wildman–Crippen MR) is 127 cm³/mol. The van der Waals surface area contributed by atoms with E-state index in [1.165, 1.54) is 0 Å². The van der Waals surface area contributed by atoms with Crippen molar-refractivity contribution in [1.82, 2.24) is 0 Å². The van der Waals surface area contributed by atoms with Crippen LogP contribution in [0, 0.1) is 0 Å². The van der Waals surface area contributed by atoms with Gasteiger partial charge in [0.1, 0.15) is 11.5 Å². The predicted octanol–water partition coefficient (Wildman–Crippen LogP) is 5.79. The summed E-state index contributed by atoms with van der Waals surface area (Å²) in [4.78, 5) is 26.3. The Morgan fingerprint density at radius 2 is 1.64 bits per heavy atom. The zero-order valence-corrected chi connectivity index (χ0v) is 20.2. The van der Waals surface area contributed by atoms with Gasteiger partial charge in [-0.2, -0.15) is 4.31 Å². The Labute approximate surface area is 193 Å². The van der Waals surface area contributed by atoms with Crippen LogP contribution >= 0.6 is 15.6 Å². The quantitative estimate of drug-likeness (QED) is 0.200. The minimum Gasteiger partial charge on any atom is -0.457 e. The van der Waals surface area contributed by atoms with E-state index < -0.39 is 15.6 Å². The van der Waals surface area contributed by atoms with Gasteiger partial charge in [0.15, 0.2) is 0 Å². The third-order valence-electron chi connectivity index (χ3n) is 4.29. The van der Waals surface area contributed by atoms with Gasteiger partial charge in [-0.25, -0.2) is 9.13 Å². The maximum absolute atomic E-state index is 11.4. The number of phosphoric ester groups is 1. The molecule has 0 amide bonds. The maximum Gasteiger partial charge on any atom is 0.481 e. The summed E-state index contributed by atoms with van der Waals surface area (Å²) in [6, 6.07) is 17.3. The lowest BCUT2D eigenvalue weighted by Gasteiger charge is -2.11. The Balaban J connectivity index is 1.75. The van der Waals surface area contributed by atoms with E-state index in [2.05, 4.69) is 20.2 Å². The van der Waals surface area contributed by atoms with Gasteiger partial charge < -0.3 is 24.7 Å². The molecule has 33 heavy (non-hydrogen) atoms. The van der Waals surface area contributed by atoms with Crippen LogP contribution in [0.25, 0.3) is 0 Å². The minimum absolute atomic E-state index is 0.300. The van der Waals surface area contributed by atoms with Gasteiger partial charge >= 0.3 is 15.6 Å². The number of nitrogens with one attached hydrogen (secondary N) is 1. The SMILES string of the molecule is C/C(=C\COP(=O)(O)OP(=O)(O)O)CC/C=C(\C)CNc1cccc(Oc2ccccc2)c1. The number of anilines is 1. The number of hydrogen-bond acceptors (Lipinski definition) is 6. The van der Waals surface area contributed by atoms with Crippen molar-refractivity contribution in [2.75, 3.05) is 18.5 Å². The summed E-state index contributed by atoms with van der Waals surface area (Å²) in [6.07, 6.45) is 5.09. The normalized spacial score (nSPS) is 14.6. The molecule has 180 valence electrons. The Kier molecular flexibility index (Phi) is 10.5. The van der Waals surface area contributed by atoms with Gasteiger partial charge in [0.2, 0.25) is 0 Å². The highest BCUT2D eigenvalue weighted by Gasteiger charge is 2.31. The number of para-hydroxylation sites is 1. The molecule has 0 heterocycles. The van der Waals surface area contributed by atoms with Crippen LogP contribution in [0.2, 0.25) is 0 Å². The summed E-state index contributed by atoms with van der Waals surface area (Å²) in [5.41, 5.74) is 2.98. The molecule has 0 fully saturated rings. The van der Waals surface area contributed by atoms with Gasteiger partial charge in [-0.3, -0.25) is 4.52 Å². The van der Waals surface area contributed by atoms with E-state index in [4.69, 9.17) is 14.5 Å². The van der Waals surface area contributed by atoms with E-state index in [1.807, 2.05) is 68.4 Å². The lowest BCUT2D eigenvalue weighted by molar-refractivity contribution is 0.191. The second-order valence-electron chi connectivity index (χ2n) is 7.27. The zero-order chi connectivity index (χ0) is 24.3. The fourth-order valence-corrected chi connectivity index (χ4v) is 4.21. The number of benzene rings is 2. The van der Waals surface area contributed by atoms with E-state index in [0.29, 0.717) is 13.0 Å². The molecule has 0 saturated heterocycles. The molecule has 2 rings (SSSR count). The van der Waals surface area contributed by atoms with Crippen LogP contribution < -0.4 is 10.1 Å². The average molecular weight is 497 g/mol. The summed E-state index contributed by atoms with van der Waals surface area (Å²) >= 11 is 0. The van der Waals surface area contributed by atoms with Crippen molar-refractivity contribution in [3.05, 3.63) is 77.9 Å². The topological polar surface area (TPSA) is 135 Å². The second-order valence-corrected chi connectivity index (χ2v) is 10.1. The highest BCUT2D eigenvalue weighted by atomic mass is 31.3. The van der Waals surface area contributed by atoms with E-state index in [0.717, 1.165) is 34.8 Å². The largest absolute Gasteiger partial charge is 0.481 e. The van der Waals surface area contributed by atoms with Crippen LogP contribution in [0.5, 0.6) is 11.5 Å². The summed E-state index contributed by atoms with van der Waals surface area (Å²) in [6.45, 7) is 4.20. The van der Waals surface area contributed by atoms with Crippen LogP contribution in [-0.4, -0.2) is 27.8 Å². The van der Waals surface area contributed by atoms with Crippen LogP contribution in [-0.2, 0) is 18.0 Å². The standard InChI is InChI=1S/C22H29NO8P2/c1-18(14-15-29-33(27,28)31-32(24,25)26)8-6-9-19(2)17-23-20-10-7-13-22(16-20)30-21-11-4-3-5-12-21/h3-5,7,9-14,16,23H,6,8,15,17H2,1-2H3,(H,27,28)(H2,24,25,26)/b18-14+,19-9+. The van der Waals surface area contributed by atoms with Crippen molar-refractivity contribution >= 4 is 21.3 Å². The zero-order valence-electron chi connectivity index (χ0n) is 18.5. The number of allylic oxidation sites excluding steroid dienone is 2. The molecule has 1 unspecified atom stereocenters. The van der Waals surface area contributed by atoms with Crippen molar-refractivity contribution in [2.24, 2.45) is 0 Å². The molecular weight excluding hydrogens is 468 g/mol. The number of hydrogen-bond donors (Lipinski definition) is 4. The molecule has 0 aliphatic carbocycles. The van der Waals surface area contributed by atoms with Crippen molar-refractivity contribution in [1.29, 1.82) is 0 Å². The van der Waals surface area contributed by atoms with Crippen LogP contribution in [0.4, 0.5) is 5.69 Å². The molecule has 0 radical (unpaired) electrons. The van der Waals surface area contributed by atoms with Crippen molar-refractivity contribution in [3.63, 3.8) is 0 Å². The first-order chi connectivity index (χ1) is 15.5. The highest BCUT2D eigenvalue weighted by Crippen LogP contribution is 2.57. The summed E-state index contributed by atoms with van der Waals surface area (Å²) in [5, 5.41) is 3.36. The van der Waals surface area contributed by atoms with Crippen molar-refractivity contribution in [3.8, 4) is 11.5 Å². The molecule has 0 bridgehead atoms. The van der Waals surface area contributed by atoms with Crippen molar-refractivity contribution in [2.45, 2.75) is 26.7 Å². The van der Waals surface area contributed by atoms with Gasteiger partial charge in [0, 0.05) is 18.3 Å². The molecule has 2 aromatic carbocycles. The average Bonchev–Trinajstić information content (AvgIpc) is 2.71. The molecule has 4 N–H and O–H groups in total. The highest BCUT2D eigenvalue weighted by molar-refractivity contribution is 7.60. The smallest absolute Gasteiger partial charge is 0.457 e. The fraction of sp³-hybridized carbons (Fsp3) is 0.273. The second kappa shape index (κ2) is 12.9. The molecule has 0 aliphatic rings. The number of ether oxygens (including phenoxy) is 1. The summed E-state index contributed by atoms with van der Waals surface area (Å²) in [7, 11) is -9.92. The van der Waals surface area contributed by atoms with E-state index in [-0.39, 0.29) is 6.61 Å². The molecule has 0 aromatic heterocycles. The van der Waals surface area contributed by atoms with Gasteiger partial charge in [-0.05, 0) is 51.0 Å². The molecule has 2 aromatic rings. The van der Waals surface area contributed by atoms with Crippen LogP contribution in [0.1, 0.15) is 26.7 Å². The van der Waals surface area contributed by atoms with Crippen LogP contribution in [0.15, 0.2) is 77.9 Å². The van der Waals surface area contributed by atoms with E-state index >= 15 is 0 Å². The van der Waals surface area contributed by atoms with E-state index in [9.17, 15) is 14.0 Å². The Morgan fingerprint density at radius 3 is 2.33 bits per heavy atom. The number of rotatable bonds is 13. The third kappa shape index (κ3) is 12.0. The molecule has 0 aliphatic heterocycles. The Morgan fingerprint density at radius 1 is 0.939 bits per heavy atom. The van der Waals surface area contributed by atoms with Gasteiger partial charge in [0.05, 0.1) is 6.61 Å². The Bertz CT molecular complexity index is 1050.